The fraction of sp³-hybridized carbons (Fsp3) is 0.929. The minimum Gasteiger partial charge on any atom is -0.381 e. The van der Waals surface area contributed by atoms with Crippen LogP contribution in [0.3, 0.4) is 0 Å². The third kappa shape index (κ3) is 5.64. The van der Waals surface area contributed by atoms with Crippen LogP contribution in [-0.4, -0.2) is 19.0 Å². The molecule has 0 atom stereocenters. The average Bonchev–Trinajstić information content (AvgIpc) is 2.75. The summed E-state index contributed by atoms with van der Waals surface area (Å²) in [5.74, 6) is 1.57. The highest BCUT2D eigenvalue weighted by Crippen LogP contribution is 2.26. The summed E-state index contributed by atoms with van der Waals surface area (Å²) in [6.07, 6.45) is 7.53. The average molecular weight is 226 g/mol. The van der Waals surface area contributed by atoms with Gasteiger partial charge in [-0.2, -0.15) is 0 Å². The summed E-state index contributed by atoms with van der Waals surface area (Å²) in [5, 5.41) is 0. The fourth-order valence-corrected chi connectivity index (χ4v) is 2.22. The molecule has 1 aliphatic carbocycles. The van der Waals surface area contributed by atoms with E-state index in [0.717, 1.165) is 45.3 Å². The van der Waals surface area contributed by atoms with E-state index in [-0.39, 0.29) is 0 Å². The van der Waals surface area contributed by atoms with Crippen LogP contribution < -0.4 is 0 Å². The summed E-state index contributed by atoms with van der Waals surface area (Å²) in [5.41, 5.74) is 0. The van der Waals surface area contributed by atoms with E-state index in [4.69, 9.17) is 4.74 Å². The first-order valence-corrected chi connectivity index (χ1v) is 6.80. The predicted molar refractivity (Wildman–Crippen MR) is 66.5 cm³/mol. The lowest BCUT2D eigenvalue weighted by Crippen LogP contribution is -2.11. The summed E-state index contributed by atoms with van der Waals surface area (Å²) >= 11 is 0. The van der Waals surface area contributed by atoms with Crippen molar-refractivity contribution in [2.24, 2.45) is 11.8 Å². The van der Waals surface area contributed by atoms with Gasteiger partial charge in [-0.1, -0.05) is 26.7 Å². The molecule has 0 saturated heterocycles. The second kappa shape index (κ2) is 7.83. The Labute approximate surface area is 99.8 Å². The molecule has 0 N–H and O–H groups in total. The van der Waals surface area contributed by atoms with Crippen LogP contribution in [0.15, 0.2) is 0 Å². The Balaban J connectivity index is 1.92. The van der Waals surface area contributed by atoms with E-state index in [1.54, 1.807) is 0 Å². The number of rotatable bonds is 8. The number of hydrogen-bond donors (Lipinski definition) is 0. The number of carbonyl (C=O) groups excluding carboxylic acids is 1. The summed E-state index contributed by atoms with van der Waals surface area (Å²) in [6.45, 7) is 6.00. The van der Waals surface area contributed by atoms with Gasteiger partial charge < -0.3 is 4.74 Å². The van der Waals surface area contributed by atoms with Gasteiger partial charge in [0.2, 0.25) is 0 Å². The van der Waals surface area contributed by atoms with E-state index >= 15 is 0 Å². The summed E-state index contributed by atoms with van der Waals surface area (Å²) in [4.78, 5) is 11.7. The summed E-state index contributed by atoms with van der Waals surface area (Å²) in [7, 11) is 0. The lowest BCUT2D eigenvalue weighted by Gasteiger charge is -2.08. The number of ether oxygens (including phenoxy) is 1. The molecule has 2 nitrogen and oxygen atoms in total. The molecule has 1 saturated carbocycles. The van der Waals surface area contributed by atoms with E-state index in [9.17, 15) is 4.79 Å². The second-order valence-corrected chi connectivity index (χ2v) is 5.35. The van der Waals surface area contributed by atoms with Gasteiger partial charge in [0.25, 0.3) is 0 Å². The first-order valence-electron chi connectivity index (χ1n) is 6.80. The van der Waals surface area contributed by atoms with Crippen LogP contribution in [0, 0.1) is 11.8 Å². The van der Waals surface area contributed by atoms with Crippen LogP contribution in [0.4, 0.5) is 0 Å². The molecule has 0 aromatic carbocycles. The van der Waals surface area contributed by atoms with Gasteiger partial charge in [-0.15, -0.1) is 0 Å². The van der Waals surface area contributed by atoms with Gasteiger partial charge in [-0.25, -0.2) is 0 Å². The fourth-order valence-electron chi connectivity index (χ4n) is 2.22. The van der Waals surface area contributed by atoms with E-state index in [1.165, 1.54) is 12.8 Å². The first kappa shape index (κ1) is 13.7. The van der Waals surface area contributed by atoms with E-state index in [1.807, 2.05) is 0 Å². The molecular formula is C14H26O2. The minimum atomic E-state index is 0.385. The Morgan fingerprint density at radius 3 is 2.56 bits per heavy atom. The highest BCUT2D eigenvalue weighted by Gasteiger charge is 2.21. The maximum Gasteiger partial charge on any atom is 0.136 e. The number of ketones is 1. The van der Waals surface area contributed by atoms with Crippen molar-refractivity contribution in [1.29, 1.82) is 0 Å². The van der Waals surface area contributed by atoms with Gasteiger partial charge in [0.15, 0.2) is 0 Å². The highest BCUT2D eigenvalue weighted by atomic mass is 16.5. The number of carbonyl (C=O) groups is 1. The van der Waals surface area contributed by atoms with Gasteiger partial charge >= 0.3 is 0 Å². The Bertz CT molecular complexity index is 193. The van der Waals surface area contributed by atoms with Crippen molar-refractivity contribution in [3.8, 4) is 0 Å². The molecule has 0 amide bonds. The molecule has 0 bridgehead atoms. The van der Waals surface area contributed by atoms with Gasteiger partial charge in [0.05, 0.1) is 0 Å². The van der Waals surface area contributed by atoms with Crippen LogP contribution in [-0.2, 0) is 9.53 Å². The Morgan fingerprint density at radius 2 is 1.94 bits per heavy atom. The summed E-state index contributed by atoms with van der Waals surface area (Å²) < 4.78 is 5.51. The molecule has 1 rings (SSSR count). The minimum absolute atomic E-state index is 0.385. The van der Waals surface area contributed by atoms with E-state index in [2.05, 4.69) is 13.8 Å². The molecule has 16 heavy (non-hydrogen) atoms. The Morgan fingerprint density at radius 1 is 1.25 bits per heavy atom. The monoisotopic (exact) mass is 226 g/mol. The van der Waals surface area contributed by atoms with Gasteiger partial charge in [0.1, 0.15) is 5.78 Å². The molecule has 2 heteroatoms. The van der Waals surface area contributed by atoms with Gasteiger partial charge in [-0.05, 0) is 31.6 Å². The van der Waals surface area contributed by atoms with Crippen molar-refractivity contribution in [1.82, 2.24) is 0 Å². The van der Waals surface area contributed by atoms with Crippen molar-refractivity contribution in [2.75, 3.05) is 13.2 Å². The molecule has 94 valence electrons. The van der Waals surface area contributed by atoms with Crippen LogP contribution in [0.5, 0.6) is 0 Å². The molecule has 0 aliphatic heterocycles. The third-order valence-electron chi connectivity index (χ3n) is 3.36. The lowest BCUT2D eigenvalue weighted by molar-refractivity contribution is -0.123. The SMILES string of the molecule is CC(C)CCOCCCC(=O)C1CCCC1. The molecule has 1 fully saturated rings. The molecule has 0 radical (unpaired) electrons. The van der Waals surface area contributed by atoms with Crippen molar-refractivity contribution >= 4 is 5.78 Å². The number of Topliss-reactive ketones (excluding diaryl/α,β-unsaturated/α-hetero) is 1. The number of hydrogen-bond acceptors (Lipinski definition) is 2. The van der Waals surface area contributed by atoms with Crippen molar-refractivity contribution in [2.45, 2.75) is 58.8 Å². The zero-order chi connectivity index (χ0) is 11.8. The van der Waals surface area contributed by atoms with E-state index < -0.39 is 0 Å². The standard InChI is InChI=1S/C14H26O2/c1-12(2)9-11-16-10-5-8-14(15)13-6-3-4-7-13/h12-13H,3-11H2,1-2H3. The first-order chi connectivity index (χ1) is 7.70. The highest BCUT2D eigenvalue weighted by molar-refractivity contribution is 5.81. The Hall–Kier alpha value is -0.370. The quantitative estimate of drug-likeness (QED) is 0.591. The van der Waals surface area contributed by atoms with Gasteiger partial charge in [-0.3, -0.25) is 4.79 Å². The van der Waals surface area contributed by atoms with Crippen molar-refractivity contribution < 1.29 is 9.53 Å². The topological polar surface area (TPSA) is 26.3 Å². The van der Waals surface area contributed by atoms with Crippen LogP contribution in [0.2, 0.25) is 0 Å². The molecule has 0 aromatic rings. The molecule has 0 aromatic heterocycles. The Kier molecular flexibility index (Phi) is 6.70. The van der Waals surface area contributed by atoms with Crippen LogP contribution >= 0.6 is 0 Å². The van der Waals surface area contributed by atoms with Crippen molar-refractivity contribution in [3.05, 3.63) is 0 Å². The third-order valence-corrected chi connectivity index (χ3v) is 3.36. The smallest absolute Gasteiger partial charge is 0.136 e. The van der Waals surface area contributed by atoms with Gasteiger partial charge in [0, 0.05) is 25.6 Å². The maximum absolute atomic E-state index is 11.7. The van der Waals surface area contributed by atoms with Crippen LogP contribution in [0.1, 0.15) is 58.8 Å². The zero-order valence-electron chi connectivity index (χ0n) is 10.8. The van der Waals surface area contributed by atoms with E-state index in [0.29, 0.717) is 17.6 Å². The molecule has 0 unspecified atom stereocenters. The normalized spacial score (nSPS) is 17.2. The second-order valence-electron chi connectivity index (χ2n) is 5.35. The molecule has 1 aliphatic rings. The van der Waals surface area contributed by atoms with Crippen LogP contribution in [0.25, 0.3) is 0 Å². The zero-order valence-corrected chi connectivity index (χ0v) is 10.8. The lowest BCUT2D eigenvalue weighted by atomic mass is 9.99. The largest absolute Gasteiger partial charge is 0.381 e. The molecule has 0 spiro atoms. The molecule has 0 heterocycles. The van der Waals surface area contributed by atoms with Crippen molar-refractivity contribution in [3.63, 3.8) is 0 Å². The summed E-state index contributed by atoms with van der Waals surface area (Å²) in [6, 6.07) is 0. The molecular weight excluding hydrogens is 200 g/mol. The predicted octanol–water partition coefficient (Wildman–Crippen LogP) is 3.59. The maximum atomic E-state index is 11.7.